The number of esters is 1. The van der Waals surface area contributed by atoms with Crippen molar-refractivity contribution in [3.63, 3.8) is 0 Å². The van der Waals surface area contributed by atoms with Gasteiger partial charge >= 0.3 is 5.97 Å². The third-order valence-electron chi connectivity index (χ3n) is 7.84. The van der Waals surface area contributed by atoms with E-state index in [9.17, 15) is 9.90 Å². The third-order valence-corrected chi connectivity index (χ3v) is 7.84. The average Bonchev–Trinajstić information content (AvgIpc) is 3.41. The van der Waals surface area contributed by atoms with Crippen LogP contribution in [0, 0.1) is 0 Å². The van der Waals surface area contributed by atoms with Gasteiger partial charge in [0.05, 0.1) is 31.5 Å². The van der Waals surface area contributed by atoms with Crippen LogP contribution in [-0.2, 0) is 49.3 Å². The van der Waals surface area contributed by atoms with Crippen LogP contribution in [0.3, 0.4) is 0 Å². The molecule has 9 atom stereocenters. The Balaban J connectivity index is 1.43. The van der Waals surface area contributed by atoms with Crippen molar-refractivity contribution in [3.8, 4) is 0 Å². The van der Waals surface area contributed by atoms with Crippen LogP contribution in [-0.4, -0.2) is 91.8 Å². The fraction of sp³-hybridized carbons (Fsp3) is 0.750. The molecule has 0 saturated carbocycles. The van der Waals surface area contributed by atoms with Crippen molar-refractivity contribution >= 4 is 5.97 Å². The summed E-state index contributed by atoms with van der Waals surface area (Å²) < 4.78 is 49.9. The van der Waals surface area contributed by atoms with Crippen molar-refractivity contribution in [2.45, 2.75) is 113 Å². The molecule has 0 bridgehead atoms. The van der Waals surface area contributed by atoms with Gasteiger partial charge in [0.1, 0.15) is 18.3 Å². The Morgan fingerprint density at radius 3 is 2.53 bits per heavy atom. The molecule has 5 rings (SSSR count). The summed E-state index contributed by atoms with van der Waals surface area (Å²) in [4.78, 5) is 12.3. The van der Waals surface area contributed by atoms with Crippen molar-refractivity contribution in [2.75, 3.05) is 20.3 Å². The molecule has 0 aromatic heterocycles. The molecular weight excluding hydrogens is 496 g/mol. The number of benzene rings is 1. The van der Waals surface area contributed by atoms with E-state index in [1.807, 2.05) is 44.2 Å². The highest BCUT2D eigenvalue weighted by Gasteiger charge is 2.65. The zero-order valence-electron chi connectivity index (χ0n) is 22.6. The first-order valence-electron chi connectivity index (χ1n) is 13.5. The number of hydrogen-bond acceptors (Lipinski definition) is 10. The van der Waals surface area contributed by atoms with E-state index in [4.69, 9.17) is 37.9 Å². The molecule has 38 heavy (non-hydrogen) atoms. The first-order valence-corrected chi connectivity index (χ1v) is 13.5. The van der Waals surface area contributed by atoms with Crippen LogP contribution in [0.25, 0.3) is 0 Å². The maximum Gasteiger partial charge on any atom is 0.303 e. The molecule has 1 aromatic carbocycles. The lowest BCUT2D eigenvalue weighted by Crippen LogP contribution is -2.69. The smallest absolute Gasteiger partial charge is 0.303 e. The maximum atomic E-state index is 12.3. The van der Waals surface area contributed by atoms with E-state index in [-0.39, 0.29) is 18.8 Å². The molecule has 0 spiro atoms. The van der Waals surface area contributed by atoms with E-state index in [1.54, 1.807) is 7.11 Å². The number of rotatable bonds is 9. The van der Waals surface area contributed by atoms with E-state index >= 15 is 0 Å². The van der Waals surface area contributed by atoms with Gasteiger partial charge in [0.25, 0.3) is 0 Å². The maximum absolute atomic E-state index is 12.3. The minimum absolute atomic E-state index is 0.00368. The van der Waals surface area contributed by atoms with E-state index < -0.39 is 54.2 Å². The fourth-order valence-corrected chi connectivity index (χ4v) is 6.13. The molecule has 4 saturated heterocycles. The van der Waals surface area contributed by atoms with Gasteiger partial charge in [-0.05, 0) is 32.3 Å². The highest BCUT2D eigenvalue weighted by atomic mass is 16.8. The lowest BCUT2D eigenvalue weighted by molar-refractivity contribution is -0.383. The normalized spacial score (nSPS) is 39.9. The van der Waals surface area contributed by atoms with Crippen LogP contribution in [0.15, 0.2) is 30.3 Å². The Kier molecular flexibility index (Phi) is 8.42. The Morgan fingerprint density at radius 1 is 1.08 bits per heavy atom. The minimum atomic E-state index is -1.14. The Bertz CT molecular complexity index is 941. The summed E-state index contributed by atoms with van der Waals surface area (Å²) in [6, 6.07) is 9.91. The Hall–Kier alpha value is -1.63. The number of carbonyl (C=O) groups is 1. The molecular formula is C28H40O10. The molecule has 1 aromatic rings. The van der Waals surface area contributed by atoms with Gasteiger partial charge in [-0.15, -0.1) is 0 Å². The van der Waals surface area contributed by atoms with E-state index in [0.29, 0.717) is 38.9 Å². The number of ether oxygens (including phenoxy) is 8. The first-order chi connectivity index (χ1) is 18.2. The Morgan fingerprint density at radius 2 is 1.87 bits per heavy atom. The number of carbonyl (C=O) groups excluding carboxylic acids is 1. The van der Waals surface area contributed by atoms with Gasteiger partial charge in [-0.1, -0.05) is 30.3 Å². The Labute approximate surface area is 223 Å². The molecule has 2 unspecified atom stereocenters. The molecule has 4 aliphatic rings. The summed E-state index contributed by atoms with van der Waals surface area (Å²) in [5, 5.41) is 9.50. The fourth-order valence-electron chi connectivity index (χ4n) is 6.13. The van der Waals surface area contributed by atoms with Crippen LogP contribution >= 0.6 is 0 Å². The summed E-state index contributed by atoms with van der Waals surface area (Å²) in [6.45, 7) is 5.95. The van der Waals surface area contributed by atoms with Gasteiger partial charge < -0.3 is 43.0 Å². The molecule has 0 aliphatic carbocycles. The number of methoxy groups -OCH3 is 1. The first kappa shape index (κ1) is 27.9. The van der Waals surface area contributed by atoms with Crippen molar-refractivity contribution in [1.29, 1.82) is 0 Å². The summed E-state index contributed by atoms with van der Waals surface area (Å²) in [5.41, 5.74) is 1.02. The molecule has 0 radical (unpaired) electrons. The average molecular weight is 537 g/mol. The number of fused-ring (bicyclic) bond motifs is 2. The van der Waals surface area contributed by atoms with Gasteiger partial charge in [0, 0.05) is 33.5 Å². The van der Waals surface area contributed by atoms with Crippen LogP contribution in [0.1, 0.15) is 52.0 Å². The van der Waals surface area contributed by atoms with Gasteiger partial charge in [0.2, 0.25) is 0 Å². The zero-order chi connectivity index (χ0) is 26.9. The monoisotopic (exact) mass is 536 g/mol. The topological polar surface area (TPSA) is 111 Å². The van der Waals surface area contributed by atoms with Crippen LogP contribution in [0.5, 0.6) is 0 Å². The second-order valence-electron chi connectivity index (χ2n) is 11.0. The van der Waals surface area contributed by atoms with Crippen molar-refractivity contribution in [1.82, 2.24) is 0 Å². The molecule has 10 heteroatoms. The molecule has 0 amide bonds. The van der Waals surface area contributed by atoms with Gasteiger partial charge in [-0.25, -0.2) is 0 Å². The van der Waals surface area contributed by atoms with Crippen molar-refractivity contribution in [3.05, 3.63) is 35.9 Å². The second kappa shape index (κ2) is 11.5. The molecule has 4 fully saturated rings. The molecule has 1 N–H and O–H groups in total. The van der Waals surface area contributed by atoms with Crippen LogP contribution < -0.4 is 0 Å². The van der Waals surface area contributed by atoms with Crippen molar-refractivity contribution < 1.29 is 47.8 Å². The summed E-state index contributed by atoms with van der Waals surface area (Å²) in [7, 11) is 1.58. The molecule has 10 nitrogen and oxygen atoms in total. The van der Waals surface area contributed by atoms with E-state index in [2.05, 4.69) is 0 Å². The largest absolute Gasteiger partial charge is 0.457 e. The summed E-state index contributed by atoms with van der Waals surface area (Å²) >= 11 is 0. The number of hydrogen-bond donors (Lipinski definition) is 1. The van der Waals surface area contributed by atoms with Gasteiger partial charge in [-0.3, -0.25) is 4.79 Å². The highest BCUT2D eigenvalue weighted by molar-refractivity contribution is 5.66. The van der Waals surface area contributed by atoms with E-state index in [1.165, 1.54) is 6.92 Å². The lowest BCUT2D eigenvalue weighted by Gasteiger charge is -2.53. The minimum Gasteiger partial charge on any atom is -0.457 e. The standard InChI is InChI=1S/C28H40O10/c1-17(30)34-25-23-24(38-28(31-4)12-10-19(11-13-29)35-26(25)28)22(32-15-18-8-6-5-7-9-18)21(36-23)14-20-16-33-27(2,3)37-20/h5-9,19-26,29H,10-16H2,1-4H3/t19-,20?,21-,22+,23-,24+,25+,26-,28?/m1/s1. The van der Waals surface area contributed by atoms with Gasteiger partial charge in [0.15, 0.2) is 23.8 Å². The SMILES string of the molecule is COC12CC[C@H](CCO)O[C@@H]1[C@@H](OC(C)=O)[C@@H]1O[C@H](CC3COC(C)(C)O3)[C@H](OCc3ccccc3)[C@@H]1O2. The lowest BCUT2D eigenvalue weighted by atomic mass is 9.84. The number of aliphatic hydroxyl groups is 1. The van der Waals surface area contributed by atoms with Crippen LogP contribution in [0.2, 0.25) is 0 Å². The predicted octanol–water partition coefficient (Wildman–Crippen LogP) is 2.48. The predicted molar refractivity (Wildman–Crippen MR) is 133 cm³/mol. The summed E-state index contributed by atoms with van der Waals surface area (Å²) in [5.74, 6) is -2.26. The van der Waals surface area contributed by atoms with E-state index in [0.717, 1.165) is 5.56 Å². The molecule has 212 valence electrons. The summed E-state index contributed by atoms with van der Waals surface area (Å²) in [6.07, 6.45) is -1.85. The zero-order valence-corrected chi connectivity index (χ0v) is 22.6. The third kappa shape index (κ3) is 5.78. The van der Waals surface area contributed by atoms with Gasteiger partial charge in [-0.2, -0.15) is 0 Å². The highest BCUT2D eigenvalue weighted by Crippen LogP contribution is 2.48. The number of aliphatic hydroxyl groups excluding tert-OH is 1. The van der Waals surface area contributed by atoms with Crippen LogP contribution in [0.4, 0.5) is 0 Å². The van der Waals surface area contributed by atoms with Crippen molar-refractivity contribution in [2.24, 2.45) is 0 Å². The second-order valence-corrected chi connectivity index (χ2v) is 11.0. The molecule has 4 aliphatic heterocycles. The molecule has 4 heterocycles. The quantitative estimate of drug-likeness (QED) is 0.473.